The second-order valence-corrected chi connectivity index (χ2v) is 4.52. The van der Waals surface area contributed by atoms with Crippen LogP contribution in [0.15, 0.2) is 18.2 Å². The predicted octanol–water partition coefficient (Wildman–Crippen LogP) is 2.31. The zero-order chi connectivity index (χ0) is 12.3. The molecule has 1 aromatic carbocycles. The normalized spacial score (nSPS) is 17.0. The van der Waals surface area contributed by atoms with Gasteiger partial charge in [-0.05, 0) is 36.6 Å². The number of nitrogens with two attached hydrogens (primary N) is 1. The number of anilines is 1. The Balaban J connectivity index is 2.10. The first-order valence-electron chi connectivity index (χ1n) is 5.98. The number of carbonyl (C=O) groups is 1. The summed E-state index contributed by atoms with van der Waals surface area (Å²) in [5.74, 6) is -0.187. The molecule has 3 nitrogen and oxygen atoms in total. The largest absolute Gasteiger partial charge is 0.399 e. The van der Waals surface area contributed by atoms with Crippen LogP contribution in [0.1, 0.15) is 31.2 Å². The third-order valence-electron chi connectivity index (χ3n) is 3.02. The summed E-state index contributed by atoms with van der Waals surface area (Å²) in [6, 6.07) is 4.45. The lowest BCUT2D eigenvalue weighted by Gasteiger charge is -2.20. The molecule has 1 aromatic rings. The number of nitrogens with zero attached hydrogens (tertiary/aromatic N) is 1. The van der Waals surface area contributed by atoms with Crippen LogP contribution in [0.25, 0.3) is 0 Å². The van der Waals surface area contributed by atoms with Crippen LogP contribution in [0, 0.1) is 5.82 Å². The van der Waals surface area contributed by atoms with Crippen LogP contribution in [0.3, 0.4) is 0 Å². The molecule has 1 fully saturated rings. The minimum atomic E-state index is -0.345. The van der Waals surface area contributed by atoms with Crippen molar-refractivity contribution in [3.8, 4) is 0 Å². The van der Waals surface area contributed by atoms with E-state index >= 15 is 0 Å². The van der Waals surface area contributed by atoms with Crippen LogP contribution >= 0.6 is 0 Å². The molecule has 2 rings (SSSR count). The molecule has 0 aromatic heterocycles. The average Bonchev–Trinajstić information content (AvgIpc) is 2.43. The molecule has 0 radical (unpaired) electrons. The number of amides is 1. The van der Waals surface area contributed by atoms with Gasteiger partial charge in [0.05, 0.1) is 0 Å². The van der Waals surface area contributed by atoms with Crippen molar-refractivity contribution in [2.75, 3.05) is 12.3 Å². The predicted molar refractivity (Wildman–Crippen MR) is 64.7 cm³/mol. The highest BCUT2D eigenvalue weighted by Crippen LogP contribution is 2.17. The van der Waals surface area contributed by atoms with Gasteiger partial charge in [0, 0.05) is 25.2 Å². The smallest absolute Gasteiger partial charge is 0.222 e. The molecule has 4 heteroatoms. The van der Waals surface area contributed by atoms with Gasteiger partial charge in [0.1, 0.15) is 5.82 Å². The fraction of sp³-hybridized carbons (Fsp3) is 0.462. The van der Waals surface area contributed by atoms with E-state index in [0.29, 0.717) is 18.7 Å². The molecule has 1 saturated heterocycles. The molecule has 0 saturated carbocycles. The van der Waals surface area contributed by atoms with E-state index in [2.05, 4.69) is 0 Å². The van der Waals surface area contributed by atoms with Crippen LogP contribution in [-0.2, 0) is 11.3 Å². The summed E-state index contributed by atoms with van der Waals surface area (Å²) in [7, 11) is 0. The molecule has 1 heterocycles. The second kappa shape index (κ2) is 5.17. The summed E-state index contributed by atoms with van der Waals surface area (Å²) >= 11 is 0. The van der Waals surface area contributed by atoms with Crippen molar-refractivity contribution in [3.05, 3.63) is 29.6 Å². The van der Waals surface area contributed by atoms with Crippen LogP contribution in [-0.4, -0.2) is 17.4 Å². The van der Waals surface area contributed by atoms with Gasteiger partial charge in [-0.25, -0.2) is 4.39 Å². The van der Waals surface area contributed by atoms with Crippen LogP contribution < -0.4 is 5.73 Å². The molecule has 17 heavy (non-hydrogen) atoms. The molecule has 0 unspecified atom stereocenters. The summed E-state index contributed by atoms with van der Waals surface area (Å²) < 4.78 is 13.2. The van der Waals surface area contributed by atoms with Gasteiger partial charge in [-0.15, -0.1) is 0 Å². The molecule has 0 bridgehead atoms. The van der Waals surface area contributed by atoms with E-state index in [1.807, 2.05) is 0 Å². The molecule has 0 atom stereocenters. The van der Waals surface area contributed by atoms with E-state index < -0.39 is 0 Å². The first kappa shape index (κ1) is 11.9. The van der Waals surface area contributed by atoms with E-state index in [-0.39, 0.29) is 11.7 Å². The van der Waals surface area contributed by atoms with Crippen LogP contribution in [0.2, 0.25) is 0 Å². The number of hydrogen-bond donors (Lipinski definition) is 1. The summed E-state index contributed by atoms with van der Waals surface area (Å²) in [5.41, 5.74) is 6.75. The maximum Gasteiger partial charge on any atom is 0.222 e. The Bertz CT molecular complexity index is 400. The van der Waals surface area contributed by atoms with Crippen molar-refractivity contribution in [3.63, 3.8) is 0 Å². The van der Waals surface area contributed by atoms with Crippen molar-refractivity contribution >= 4 is 11.6 Å². The maximum absolute atomic E-state index is 13.2. The summed E-state index contributed by atoms with van der Waals surface area (Å²) in [6.45, 7) is 1.22. The monoisotopic (exact) mass is 236 g/mol. The topological polar surface area (TPSA) is 46.3 Å². The van der Waals surface area contributed by atoms with E-state index in [1.54, 1.807) is 11.0 Å². The highest BCUT2D eigenvalue weighted by Gasteiger charge is 2.16. The van der Waals surface area contributed by atoms with Crippen molar-refractivity contribution in [2.45, 2.75) is 32.2 Å². The van der Waals surface area contributed by atoms with Crippen molar-refractivity contribution in [2.24, 2.45) is 0 Å². The standard InChI is InChI=1S/C13H17FN2O/c14-11-6-10(7-12(15)8-11)9-16-5-3-1-2-4-13(16)17/h6-8H,1-5,9,15H2. The van der Waals surface area contributed by atoms with Crippen molar-refractivity contribution in [1.82, 2.24) is 4.90 Å². The minimum absolute atomic E-state index is 0.158. The SMILES string of the molecule is Nc1cc(F)cc(CN2CCCCCC2=O)c1. The molecule has 1 aliphatic heterocycles. The Labute approximate surface area is 100 Å². The number of nitrogen functional groups attached to an aromatic ring is 1. The lowest BCUT2D eigenvalue weighted by Crippen LogP contribution is -2.29. The highest BCUT2D eigenvalue weighted by molar-refractivity contribution is 5.76. The molecule has 0 aliphatic carbocycles. The summed E-state index contributed by atoms with van der Waals surface area (Å²) in [6.07, 6.45) is 3.68. The number of carbonyl (C=O) groups excluding carboxylic acids is 1. The number of hydrogen-bond acceptors (Lipinski definition) is 2. The number of halogens is 1. The van der Waals surface area contributed by atoms with Crippen LogP contribution in [0.5, 0.6) is 0 Å². The fourth-order valence-electron chi connectivity index (χ4n) is 2.19. The zero-order valence-corrected chi connectivity index (χ0v) is 9.79. The lowest BCUT2D eigenvalue weighted by molar-refractivity contribution is -0.131. The number of rotatable bonds is 2. The Hall–Kier alpha value is -1.58. The Morgan fingerprint density at radius 2 is 2.06 bits per heavy atom. The van der Waals surface area contributed by atoms with Crippen LogP contribution in [0.4, 0.5) is 10.1 Å². The van der Waals surface area contributed by atoms with Gasteiger partial charge in [-0.1, -0.05) is 6.42 Å². The molecule has 2 N–H and O–H groups in total. The van der Waals surface area contributed by atoms with Crippen molar-refractivity contribution < 1.29 is 9.18 Å². The fourth-order valence-corrected chi connectivity index (χ4v) is 2.19. The molecular weight excluding hydrogens is 219 g/mol. The van der Waals surface area contributed by atoms with Gasteiger partial charge in [0.2, 0.25) is 5.91 Å². The third-order valence-corrected chi connectivity index (χ3v) is 3.02. The highest BCUT2D eigenvalue weighted by atomic mass is 19.1. The average molecular weight is 236 g/mol. The second-order valence-electron chi connectivity index (χ2n) is 4.52. The molecule has 0 spiro atoms. The molecular formula is C13H17FN2O. The van der Waals surface area contributed by atoms with E-state index in [4.69, 9.17) is 5.73 Å². The molecule has 1 aliphatic rings. The van der Waals surface area contributed by atoms with E-state index in [0.717, 1.165) is 31.4 Å². The quantitative estimate of drug-likeness (QED) is 0.801. The Morgan fingerprint density at radius 3 is 2.82 bits per heavy atom. The molecule has 1 amide bonds. The first-order valence-corrected chi connectivity index (χ1v) is 5.98. The Morgan fingerprint density at radius 1 is 1.24 bits per heavy atom. The third kappa shape index (κ3) is 3.19. The number of benzene rings is 1. The Kier molecular flexibility index (Phi) is 3.61. The van der Waals surface area contributed by atoms with E-state index in [1.165, 1.54) is 12.1 Å². The summed E-state index contributed by atoms with van der Waals surface area (Å²) in [4.78, 5) is 13.6. The minimum Gasteiger partial charge on any atom is -0.399 e. The van der Waals surface area contributed by atoms with Gasteiger partial charge in [-0.2, -0.15) is 0 Å². The van der Waals surface area contributed by atoms with Gasteiger partial charge in [0.25, 0.3) is 0 Å². The van der Waals surface area contributed by atoms with Gasteiger partial charge in [0.15, 0.2) is 0 Å². The number of likely N-dealkylation sites (tertiary alicyclic amines) is 1. The summed E-state index contributed by atoms with van der Waals surface area (Å²) in [5, 5.41) is 0. The van der Waals surface area contributed by atoms with Gasteiger partial charge >= 0.3 is 0 Å². The lowest BCUT2D eigenvalue weighted by atomic mass is 10.1. The first-order chi connectivity index (χ1) is 8.15. The zero-order valence-electron chi connectivity index (χ0n) is 9.79. The van der Waals surface area contributed by atoms with E-state index in [9.17, 15) is 9.18 Å². The van der Waals surface area contributed by atoms with Gasteiger partial charge in [-0.3, -0.25) is 4.79 Å². The molecule has 92 valence electrons. The maximum atomic E-state index is 13.2. The van der Waals surface area contributed by atoms with Crippen molar-refractivity contribution in [1.29, 1.82) is 0 Å². The van der Waals surface area contributed by atoms with Gasteiger partial charge < -0.3 is 10.6 Å².